The minimum atomic E-state index is -1.36. The number of phenols is 1. The molecular weight excluding hydrogens is 292 g/mol. The van der Waals surface area contributed by atoms with Gasteiger partial charge in [0.25, 0.3) is 0 Å². The van der Waals surface area contributed by atoms with Gasteiger partial charge in [-0.2, -0.15) is 0 Å². The molecule has 0 bridgehead atoms. The highest BCUT2D eigenvalue weighted by molar-refractivity contribution is 5.87. The maximum atomic E-state index is 10.6. The van der Waals surface area contributed by atoms with Crippen molar-refractivity contribution in [3.8, 4) is 33.8 Å². The molecule has 0 unspecified atom stereocenters. The van der Waals surface area contributed by atoms with E-state index in [4.69, 9.17) is 5.11 Å². The fourth-order valence-electron chi connectivity index (χ4n) is 2.49. The summed E-state index contributed by atoms with van der Waals surface area (Å²) in [5.74, 6) is 0.399. The second-order valence-corrected chi connectivity index (χ2v) is 4.96. The van der Waals surface area contributed by atoms with Gasteiger partial charge < -0.3 is 14.9 Å². The number of carboxylic acid groups (broad SMARTS) is 1. The smallest absolute Gasteiger partial charge is 0.507 e. The number of aromatic hydroxyl groups is 1. The first-order valence-corrected chi connectivity index (χ1v) is 7.04. The molecule has 0 radical (unpaired) electrons. The summed E-state index contributed by atoms with van der Waals surface area (Å²) in [4.78, 5) is 10.6. The Morgan fingerprint density at radius 3 is 2.13 bits per heavy atom. The van der Waals surface area contributed by atoms with E-state index in [2.05, 4.69) is 4.74 Å². The van der Waals surface area contributed by atoms with Crippen molar-refractivity contribution in [2.75, 3.05) is 0 Å². The van der Waals surface area contributed by atoms with E-state index in [9.17, 15) is 9.90 Å². The summed E-state index contributed by atoms with van der Waals surface area (Å²) >= 11 is 0. The Labute approximate surface area is 133 Å². The van der Waals surface area contributed by atoms with Crippen molar-refractivity contribution >= 4 is 6.16 Å². The Hall–Kier alpha value is -3.27. The Balaban J connectivity index is 2.07. The molecule has 0 aromatic heterocycles. The van der Waals surface area contributed by atoms with Crippen molar-refractivity contribution < 1.29 is 19.7 Å². The molecule has 4 heteroatoms. The van der Waals surface area contributed by atoms with E-state index >= 15 is 0 Å². The lowest BCUT2D eigenvalue weighted by Crippen LogP contribution is -2.02. The summed E-state index contributed by atoms with van der Waals surface area (Å²) in [6, 6.07) is 21.7. The summed E-state index contributed by atoms with van der Waals surface area (Å²) < 4.78 is 4.60. The number of hydrogen-bond donors (Lipinski definition) is 2. The SMILES string of the molecule is O=C(O)Oc1ccc(-c2c(O)cccc2-c2ccccc2)cc1. The number of rotatable bonds is 3. The highest BCUT2D eigenvalue weighted by Crippen LogP contribution is 2.38. The fraction of sp³-hybridized carbons (Fsp3) is 0. The van der Waals surface area contributed by atoms with Gasteiger partial charge in [0.1, 0.15) is 11.5 Å². The molecule has 3 aromatic rings. The number of ether oxygens (including phenoxy) is 1. The Morgan fingerprint density at radius 1 is 0.783 bits per heavy atom. The summed E-state index contributed by atoms with van der Waals surface area (Å²) in [6.45, 7) is 0. The van der Waals surface area contributed by atoms with Gasteiger partial charge in [-0.3, -0.25) is 0 Å². The highest BCUT2D eigenvalue weighted by atomic mass is 16.7. The summed E-state index contributed by atoms with van der Waals surface area (Å²) in [5.41, 5.74) is 3.36. The topological polar surface area (TPSA) is 66.8 Å². The van der Waals surface area contributed by atoms with Crippen LogP contribution in [0.4, 0.5) is 4.79 Å². The second kappa shape index (κ2) is 6.23. The van der Waals surface area contributed by atoms with Crippen LogP contribution in [-0.4, -0.2) is 16.4 Å². The quantitative estimate of drug-likeness (QED) is 0.539. The molecule has 0 amide bonds. The van der Waals surface area contributed by atoms with Gasteiger partial charge in [-0.1, -0.05) is 54.6 Å². The van der Waals surface area contributed by atoms with Crippen LogP contribution in [0.15, 0.2) is 72.8 Å². The zero-order chi connectivity index (χ0) is 16.2. The fourth-order valence-corrected chi connectivity index (χ4v) is 2.49. The van der Waals surface area contributed by atoms with Gasteiger partial charge in [0.2, 0.25) is 0 Å². The van der Waals surface area contributed by atoms with Crippen LogP contribution in [0.3, 0.4) is 0 Å². The maximum absolute atomic E-state index is 10.6. The number of benzene rings is 3. The normalized spacial score (nSPS) is 10.3. The molecule has 3 rings (SSSR count). The molecule has 23 heavy (non-hydrogen) atoms. The van der Waals surface area contributed by atoms with Crippen molar-refractivity contribution in [3.05, 3.63) is 72.8 Å². The third kappa shape index (κ3) is 3.16. The molecular formula is C19H14O4. The predicted molar refractivity (Wildman–Crippen MR) is 87.6 cm³/mol. The van der Waals surface area contributed by atoms with Crippen molar-refractivity contribution in [3.63, 3.8) is 0 Å². The zero-order valence-electron chi connectivity index (χ0n) is 12.1. The lowest BCUT2D eigenvalue weighted by atomic mass is 9.94. The third-order valence-corrected chi connectivity index (χ3v) is 3.48. The molecule has 2 N–H and O–H groups in total. The van der Waals surface area contributed by atoms with Gasteiger partial charge in [-0.15, -0.1) is 0 Å². The van der Waals surface area contributed by atoms with E-state index in [0.29, 0.717) is 5.56 Å². The van der Waals surface area contributed by atoms with Crippen molar-refractivity contribution in [2.45, 2.75) is 0 Å². The van der Waals surface area contributed by atoms with E-state index in [-0.39, 0.29) is 11.5 Å². The number of phenolic OH excluding ortho intramolecular Hbond substituents is 1. The summed E-state index contributed by atoms with van der Waals surface area (Å²) in [6.07, 6.45) is -1.36. The average molecular weight is 306 g/mol. The van der Waals surface area contributed by atoms with Crippen LogP contribution in [0.2, 0.25) is 0 Å². The van der Waals surface area contributed by atoms with Gasteiger partial charge in [-0.05, 0) is 34.9 Å². The first kappa shape index (κ1) is 14.7. The monoisotopic (exact) mass is 306 g/mol. The van der Waals surface area contributed by atoms with Crippen molar-refractivity contribution in [1.82, 2.24) is 0 Å². The maximum Gasteiger partial charge on any atom is 0.511 e. The van der Waals surface area contributed by atoms with E-state index in [0.717, 1.165) is 16.7 Å². The lowest BCUT2D eigenvalue weighted by molar-refractivity contribution is 0.144. The Kier molecular flexibility index (Phi) is 3.97. The van der Waals surface area contributed by atoms with Crippen LogP contribution in [-0.2, 0) is 0 Å². The van der Waals surface area contributed by atoms with E-state index in [1.54, 1.807) is 36.4 Å². The van der Waals surface area contributed by atoms with E-state index < -0.39 is 6.16 Å². The zero-order valence-corrected chi connectivity index (χ0v) is 12.1. The molecule has 0 saturated heterocycles. The first-order chi connectivity index (χ1) is 11.1. The molecule has 3 aromatic carbocycles. The predicted octanol–water partition coefficient (Wildman–Crippen LogP) is 4.78. The molecule has 0 fully saturated rings. The third-order valence-electron chi connectivity index (χ3n) is 3.48. The molecule has 114 valence electrons. The summed E-state index contributed by atoms with van der Waals surface area (Å²) in [5, 5.41) is 18.9. The number of hydrogen-bond acceptors (Lipinski definition) is 3. The van der Waals surface area contributed by atoms with Crippen molar-refractivity contribution in [1.29, 1.82) is 0 Å². The summed E-state index contributed by atoms with van der Waals surface area (Å²) in [7, 11) is 0. The van der Waals surface area contributed by atoms with Crippen LogP contribution >= 0.6 is 0 Å². The van der Waals surface area contributed by atoms with Gasteiger partial charge >= 0.3 is 6.16 Å². The minimum Gasteiger partial charge on any atom is -0.507 e. The molecule has 0 aliphatic carbocycles. The molecule has 0 saturated carbocycles. The molecule has 0 atom stereocenters. The van der Waals surface area contributed by atoms with E-state index in [1.165, 1.54) is 0 Å². The largest absolute Gasteiger partial charge is 0.511 e. The van der Waals surface area contributed by atoms with Gasteiger partial charge in [0.05, 0.1) is 0 Å². The molecule has 0 aliphatic rings. The second-order valence-electron chi connectivity index (χ2n) is 4.96. The van der Waals surface area contributed by atoms with E-state index in [1.807, 2.05) is 36.4 Å². The van der Waals surface area contributed by atoms with Crippen LogP contribution in [0.25, 0.3) is 22.3 Å². The molecule has 0 heterocycles. The van der Waals surface area contributed by atoms with Gasteiger partial charge in [-0.25, -0.2) is 4.79 Å². The minimum absolute atomic E-state index is 0.165. The molecule has 0 aliphatic heterocycles. The van der Waals surface area contributed by atoms with Crippen LogP contribution < -0.4 is 4.74 Å². The van der Waals surface area contributed by atoms with Crippen molar-refractivity contribution in [2.24, 2.45) is 0 Å². The number of carbonyl (C=O) groups is 1. The standard InChI is InChI=1S/C19H14O4/c20-17-8-4-7-16(13-5-2-1-3-6-13)18(17)14-9-11-15(12-10-14)23-19(21)22/h1-12,20H,(H,21,22). The lowest BCUT2D eigenvalue weighted by Gasteiger charge is -2.12. The van der Waals surface area contributed by atoms with Crippen LogP contribution in [0.1, 0.15) is 0 Å². The Bertz CT molecular complexity index is 824. The first-order valence-electron chi connectivity index (χ1n) is 7.04. The van der Waals surface area contributed by atoms with Crippen LogP contribution in [0, 0.1) is 0 Å². The van der Waals surface area contributed by atoms with Gasteiger partial charge in [0, 0.05) is 5.56 Å². The highest BCUT2D eigenvalue weighted by Gasteiger charge is 2.12. The van der Waals surface area contributed by atoms with Gasteiger partial charge in [0.15, 0.2) is 0 Å². The Morgan fingerprint density at radius 2 is 1.48 bits per heavy atom. The molecule has 0 spiro atoms. The average Bonchev–Trinajstić information content (AvgIpc) is 2.56. The van der Waals surface area contributed by atoms with Crippen LogP contribution in [0.5, 0.6) is 11.5 Å². The molecule has 4 nitrogen and oxygen atoms in total.